The van der Waals surface area contributed by atoms with E-state index in [0.29, 0.717) is 12.1 Å². The third-order valence-electron chi connectivity index (χ3n) is 6.97. The number of amides is 1. The molecule has 0 saturated carbocycles. The predicted molar refractivity (Wildman–Crippen MR) is 129 cm³/mol. The molecule has 2 aromatic carbocycles. The summed E-state index contributed by atoms with van der Waals surface area (Å²) in [4.78, 5) is 12.6. The maximum atomic E-state index is 13.9. The van der Waals surface area contributed by atoms with E-state index < -0.39 is 11.7 Å². The Labute approximate surface area is 195 Å². The minimum Gasteiger partial charge on any atom is -0.494 e. The van der Waals surface area contributed by atoms with E-state index in [1.165, 1.54) is 47.9 Å². The number of anilines is 1. The minimum absolute atomic E-state index is 0.125. The van der Waals surface area contributed by atoms with E-state index in [1.54, 1.807) is 12.1 Å². The van der Waals surface area contributed by atoms with E-state index in [0.717, 1.165) is 12.2 Å². The molecule has 0 radical (unpaired) electrons. The molecule has 3 aromatic rings. The molecule has 1 aromatic heterocycles. The highest BCUT2D eigenvalue weighted by molar-refractivity contribution is 6.02. The van der Waals surface area contributed by atoms with Crippen LogP contribution < -0.4 is 10.1 Å². The Hall–Kier alpha value is -3.08. The number of hydrogen-bond acceptors (Lipinski definition) is 3. The summed E-state index contributed by atoms with van der Waals surface area (Å²) in [6, 6.07) is 12.4. The molecule has 33 heavy (non-hydrogen) atoms. The number of carbonyl (C=O) groups is 1. The summed E-state index contributed by atoms with van der Waals surface area (Å²) in [5.41, 5.74) is 5.93. The zero-order valence-corrected chi connectivity index (χ0v) is 20.3. The molecular weight excluding hydrogens is 417 g/mol. The molecule has 1 amide bonds. The Bertz CT molecular complexity index is 1210. The summed E-state index contributed by atoms with van der Waals surface area (Å²) < 4.78 is 24.7. The Morgan fingerprint density at radius 1 is 1.03 bits per heavy atom. The second-order valence-electron chi connectivity index (χ2n) is 10.3. The quantitative estimate of drug-likeness (QED) is 0.460. The van der Waals surface area contributed by atoms with Gasteiger partial charge in [-0.1, -0.05) is 39.8 Å². The summed E-state index contributed by atoms with van der Waals surface area (Å²) in [6.07, 6.45) is 2.95. The van der Waals surface area contributed by atoms with Crippen LogP contribution in [-0.4, -0.2) is 13.0 Å². The van der Waals surface area contributed by atoms with Crippen molar-refractivity contribution >= 4 is 11.6 Å². The van der Waals surface area contributed by atoms with Gasteiger partial charge in [0.1, 0.15) is 5.76 Å². The molecule has 5 heteroatoms. The molecule has 1 N–H and O–H groups in total. The average Bonchev–Trinajstić information content (AvgIpc) is 3.21. The molecule has 1 aliphatic rings. The van der Waals surface area contributed by atoms with E-state index in [1.807, 2.05) is 6.07 Å². The maximum absolute atomic E-state index is 13.9. The first-order valence-electron chi connectivity index (χ1n) is 11.4. The molecule has 0 aliphatic heterocycles. The van der Waals surface area contributed by atoms with Gasteiger partial charge < -0.3 is 14.5 Å². The van der Waals surface area contributed by atoms with Crippen LogP contribution in [0.25, 0.3) is 0 Å². The minimum atomic E-state index is -0.538. The van der Waals surface area contributed by atoms with Gasteiger partial charge in [0.15, 0.2) is 17.3 Å². The van der Waals surface area contributed by atoms with Crippen molar-refractivity contribution in [2.24, 2.45) is 0 Å². The van der Waals surface area contributed by atoms with Crippen molar-refractivity contribution in [2.45, 2.75) is 64.7 Å². The summed E-state index contributed by atoms with van der Waals surface area (Å²) in [5, 5.41) is 2.67. The van der Waals surface area contributed by atoms with Crippen LogP contribution >= 0.6 is 0 Å². The van der Waals surface area contributed by atoms with E-state index in [4.69, 9.17) is 9.15 Å². The molecule has 174 valence electrons. The summed E-state index contributed by atoms with van der Waals surface area (Å²) in [7, 11) is 1.40. The third-order valence-corrected chi connectivity index (χ3v) is 6.97. The zero-order chi connectivity index (χ0) is 24.0. The molecule has 4 rings (SSSR count). The molecule has 0 bridgehead atoms. The van der Waals surface area contributed by atoms with Gasteiger partial charge in [0.25, 0.3) is 5.91 Å². The molecule has 1 heterocycles. The smallest absolute Gasteiger partial charge is 0.291 e. The zero-order valence-electron chi connectivity index (χ0n) is 20.3. The predicted octanol–water partition coefficient (Wildman–Crippen LogP) is 6.93. The van der Waals surface area contributed by atoms with Gasteiger partial charge in [0.05, 0.1) is 7.11 Å². The van der Waals surface area contributed by atoms with Crippen molar-refractivity contribution in [3.05, 3.63) is 82.1 Å². The highest BCUT2D eigenvalue weighted by atomic mass is 19.1. The van der Waals surface area contributed by atoms with Gasteiger partial charge in [0, 0.05) is 18.2 Å². The summed E-state index contributed by atoms with van der Waals surface area (Å²) >= 11 is 0. The van der Waals surface area contributed by atoms with Crippen LogP contribution in [0, 0.1) is 12.7 Å². The Kier molecular flexibility index (Phi) is 5.85. The van der Waals surface area contributed by atoms with E-state index in [-0.39, 0.29) is 22.3 Å². The van der Waals surface area contributed by atoms with Crippen LogP contribution in [0.5, 0.6) is 5.75 Å². The molecule has 1 aliphatic carbocycles. The Morgan fingerprint density at radius 2 is 1.70 bits per heavy atom. The first kappa shape index (κ1) is 23.1. The molecule has 0 unspecified atom stereocenters. The Morgan fingerprint density at radius 3 is 2.33 bits per heavy atom. The van der Waals surface area contributed by atoms with Crippen molar-refractivity contribution in [1.29, 1.82) is 0 Å². The molecule has 0 spiro atoms. The fraction of sp³-hybridized carbons (Fsp3) is 0.393. The first-order chi connectivity index (χ1) is 15.5. The number of benzene rings is 2. The van der Waals surface area contributed by atoms with Gasteiger partial charge in [-0.25, -0.2) is 4.39 Å². The maximum Gasteiger partial charge on any atom is 0.291 e. The van der Waals surface area contributed by atoms with Crippen LogP contribution in [0.4, 0.5) is 10.1 Å². The molecule has 0 fully saturated rings. The molecular formula is C28H32FNO3. The summed E-state index contributed by atoms with van der Waals surface area (Å²) in [5.74, 6) is 0.0795. The van der Waals surface area contributed by atoms with Crippen LogP contribution in [0.1, 0.15) is 79.1 Å². The lowest BCUT2D eigenvalue weighted by Gasteiger charge is -2.42. The number of halogens is 1. The fourth-order valence-electron chi connectivity index (χ4n) is 4.68. The van der Waals surface area contributed by atoms with Crippen molar-refractivity contribution < 1.29 is 18.3 Å². The standard InChI is InChI=1S/C28H32FNO3/c1-17-13-21-22(28(4,5)12-11-27(21,2)3)15-18(17)14-20-8-10-25(33-20)26(31)30-19-7-9-24(32-6)23(29)16-19/h7-10,13,15-16H,11-12,14H2,1-6H3,(H,30,31). The number of carbonyl (C=O) groups excluding carboxylic acids is 1. The second kappa shape index (κ2) is 8.36. The van der Waals surface area contributed by atoms with Crippen molar-refractivity contribution in [3.63, 3.8) is 0 Å². The lowest BCUT2D eigenvalue weighted by Crippen LogP contribution is -2.34. The topological polar surface area (TPSA) is 51.5 Å². The van der Waals surface area contributed by atoms with Gasteiger partial charge in [-0.3, -0.25) is 4.79 Å². The molecule has 0 saturated heterocycles. The molecule has 4 nitrogen and oxygen atoms in total. The number of furan rings is 1. The first-order valence-corrected chi connectivity index (χ1v) is 11.4. The Balaban J connectivity index is 1.54. The van der Waals surface area contributed by atoms with E-state index in [9.17, 15) is 9.18 Å². The largest absolute Gasteiger partial charge is 0.494 e. The molecule has 0 atom stereocenters. The second-order valence-corrected chi connectivity index (χ2v) is 10.3. The third kappa shape index (κ3) is 4.54. The van der Waals surface area contributed by atoms with E-state index >= 15 is 0 Å². The normalized spacial score (nSPS) is 16.2. The fourth-order valence-corrected chi connectivity index (χ4v) is 4.68. The average molecular weight is 450 g/mol. The number of nitrogens with one attached hydrogen (secondary N) is 1. The van der Waals surface area contributed by atoms with Crippen molar-refractivity contribution in [1.82, 2.24) is 0 Å². The monoisotopic (exact) mass is 449 g/mol. The van der Waals surface area contributed by atoms with Crippen LogP contribution in [0.3, 0.4) is 0 Å². The van der Waals surface area contributed by atoms with Crippen molar-refractivity contribution in [2.75, 3.05) is 12.4 Å². The highest BCUT2D eigenvalue weighted by Gasteiger charge is 2.37. The number of hydrogen-bond donors (Lipinski definition) is 1. The lowest BCUT2D eigenvalue weighted by molar-refractivity contribution is 0.0995. The van der Waals surface area contributed by atoms with Gasteiger partial charge in [0.2, 0.25) is 0 Å². The van der Waals surface area contributed by atoms with Gasteiger partial charge in [-0.05, 0) is 77.1 Å². The van der Waals surface area contributed by atoms with Gasteiger partial charge in [-0.2, -0.15) is 0 Å². The number of fused-ring (bicyclic) bond motifs is 1. The van der Waals surface area contributed by atoms with Crippen LogP contribution in [0.2, 0.25) is 0 Å². The van der Waals surface area contributed by atoms with Crippen LogP contribution in [0.15, 0.2) is 46.9 Å². The lowest BCUT2D eigenvalue weighted by atomic mass is 9.62. The number of ether oxygens (including phenoxy) is 1. The van der Waals surface area contributed by atoms with Gasteiger partial charge in [-0.15, -0.1) is 0 Å². The number of methoxy groups -OCH3 is 1. The highest BCUT2D eigenvalue weighted by Crippen LogP contribution is 2.46. The van der Waals surface area contributed by atoms with E-state index in [2.05, 4.69) is 52.1 Å². The number of aryl methyl sites for hydroxylation is 1. The van der Waals surface area contributed by atoms with Gasteiger partial charge >= 0.3 is 0 Å². The van der Waals surface area contributed by atoms with Crippen molar-refractivity contribution in [3.8, 4) is 5.75 Å². The summed E-state index contributed by atoms with van der Waals surface area (Å²) in [6.45, 7) is 11.4. The van der Waals surface area contributed by atoms with Crippen LogP contribution in [-0.2, 0) is 17.3 Å². The SMILES string of the molecule is COc1ccc(NC(=O)c2ccc(Cc3cc4c(cc3C)C(C)(C)CCC4(C)C)o2)cc1F. The number of rotatable bonds is 5.